The third-order valence-corrected chi connectivity index (χ3v) is 2.75. The van der Waals surface area contributed by atoms with Gasteiger partial charge in [0, 0.05) is 5.38 Å². The average Bonchev–Trinajstić information content (AvgIpc) is 2.78. The van der Waals surface area contributed by atoms with Gasteiger partial charge in [-0.05, 0) is 19.1 Å². The summed E-state index contributed by atoms with van der Waals surface area (Å²) in [7, 11) is 0. The fourth-order valence-corrected chi connectivity index (χ4v) is 1.80. The average molecular weight is 251 g/mol. The Hall–Kier alpha value is -1.88. The van der Waals surface area contributed by atoms with Crippen LogP contribution in [0.4, 0.5) is 0 Å². The van der Waals surface area contributed by atoms with E-state index in [0.29, 0.717) is 10.4 Å². The van der Waals surface area contributed by atoms with E-state index < -0.39 is 11.9 Å². The second kappa shape index (κ2) is 6.65. The summed E-state index contributed by atoms with van der Waals surface area (Å²) in [5.74, 6) is -0.999. The number of carbonyl (C=O) groups excluding carboxylic acids is 2. The largest absolute Gasteiger partial charge is 0.457 e. The quantitative estimate of drug-likeness (QED) is 0.644. The van der Waals surface area contributed by atoms with Crippen molar-refractivity contribution in [2.45, 2.75) is 6.92 Å². The molecule has 0 aliphatic rings. The van der Waals surface area contributed by atoms with E-state index >= 15 is 0 Å². The molecule has 90 valence electrons. The first-order valence-corrected chi connectivity index (χ1v) is 5.86. The monoisotopic (exact) mass is 251 g/mol. The van der Waals surface area contributed by atoms with Crippen molar-refractivity contribution in [2.24, 2.45) is 5.73 Å². The molecule has 0 unspecified atom stereocenters. The molecule has 0 spiro atoms. The van der Waals surface area contributed by atoms with Crippen LogP contribution in [0.15, 0.2) is 35.8 Å². The Morgan fingerprint density at radius 2 is 2.24 bits per heavy atom. The molecule has 0 aromatic carbocycles. The van der Waals surface area contributed by atoms with Gasteiger partial charge >= 0.3 is 5.97 Å². The molecular weight excluding hydrogens is 238 g/mol. The minimum atomic E-state index is -0.548. The Bertz CT molecular complexity index is 460. The Labute approximate surface area is 103 Å². The number of primary amides is 1. The second-order valence-corrected chi connectivity index (χ2v) is 4.03. The molecule has 0 saturated heterocycles. The first-order valence-electron chi connectivity index (χ1n) is 4.98. The lowest BCUT2D eigenvalue weighted by molar-refractivity contribution is 0.0555. The number of hydrogen-bond donors (Lipinski definition) is 1. The molecule has 2 N–H and O–H groups in total. The summed E-state index contributed by atoms with van der Waals surface area (Å²) in [5.41, 5.74) is 5.40. The number of amides is 1. The first-order chi connectivity index (χ1) is 8.15. The fraction of sp³-hybridized carbons (Fsp3) is 0.167. The van der Waals surface area contributed by atoms with Gasteiger partial charge in [-0.25, -0.2) is 4.79 Å². The zero-order chi connectivity index (χ0) is 12.7. The molecule has 1 amide bonds. The number of nitrogens with two attached hydrogens (primary N) is 1. The van der Waals surface area contributed by atoms with Crippen molar-refractivity contribution in [2.75, 3.05) is 6.61 Å². The zero-order valence-corrected chi connectivity index (χ0v) is 10.2. The van der Waals surface area contributed by atoms with E-state index in [1.54, 1.807) is 12.2 Å². The molecule has 0 aliphatic carbocycles. The summed E-state index contributed by atoms with van der Waals surface area (Å²) in [6.45, 7) is 2.10. The Morgan fingerprint density at radius 1 is 1.47 bits per heavy atom. The maximum Gasteiger partial charge on any atom is 0.348 e. The van der Waals surface area contributed by atoms with Gasteiger partial charge in [-0.2, -0.15) is 0 Å². The van der Waals surface area contributed by atoms with Crippen molar-refractivity contribution in [3.8, 4) is 0 Å². The van der Waals surface area contributed by atoms with E-state index in [1.165, 1.54) is 11.4 Å². The van der Waals surface area contributed by atoms with Crippen LogP contribution in [0.25, 0.3) is 0 Å². The first kappa shape index (κ1) is 13.2. The van der Waals surface area contributed by atoms with Gasteiger partial charge < -0.3 is 10.5 Å². The fourth-order valence-electron chi connectivity index (χ4n) is 1.01. The minimum absolute atomic E-state index is 0.201. The van der Waals surface area contributed by atoms with Crippen LogP contribution < -0.4 is 5.73 Å². The highest BCUT2D eigenvalue weighted by atomic mass is 32.1. The zero-order valence-electron chi connectivity index (χ0n) is 9.38. The number of esters is 1. The normalized spacial score (nSPS) is 11.1. The van der Waals surface area contributed by atoms with Crippen molar-refractivity contribution in [3.05, 3.63) is 46.2 Å². The van der Waals surface area contributed by atoms with Crippen molar-refractivity contribution in [1.29, 1.82) is 0 Å². The summed E-state index contributed by atoms with van der Waals surface area (Å²) >= 11 is 1.14. The summed E-state index contributed by atoms with van der Waals surface area (Å²) < 4.78 is 4.97. The van der Waals surface area contributed by atoms with E-state index in [0.717, 1.165) is 11.3 Å². The van der Waals surface area contributed by atoms with Gasteiger partial charge in [0.15, 0.2) is 0 Å². The molecule has 5 heteroatoms. The van der Waals surface area contributed by atoms with Gasteiger partial charge in [0.05, 0.1) is 5.56 Å². The van der Waals surface area contributed by atoms with Crippen LogP contribution in [0.3, 0.4) is 0 Å². The number of allylic oxidation sites excluding steroid dienone is 3. The van der Waals surface area contributed by atoms with Gasteiger partial charge in [-0.1, -0.05) is 18.2 Å². The van der Waals surface area contributed by atoms with Gasteiger partial charge in [-0.15, -0.1) is 11.3 Å². The molecule has 1 heterocycles. The molecule has 0 saturated carbocycles. The van der Waals surface area contributed by atoms with Gasteiger partial charge in [0.1, 0.15) is 11.5 Å². The Balaban J connectivity index is 2.49. The molecule has 1 aromatic heterocycles. The van der Waals surface area contributed by atoms with Gasteiger partial charge in [0.25, 0.3) is 0 Å². The molecule has 1 rings (SSSR count). The Morgan fingerprint density at radius 3 is 2.82 bits per heavy atom. The van der Waals surface area contributed by atoms with Crippen molar-refractivity contribution >= 4 is 23.2 Å². The van der Waals surface area contributed by atoms with Crippen molar-refractivity contribution in [1.82, 2.24) is 0 Å². The van der Waals surface area contributed by atoms with Gasteiger partial charge in [0.2, 0.25) is 5.91 Å². The molecule has 0 aliphatic heterocycles. The lowest BCUT2D eigenvalue weighted by Crippen LogP contribution is -2.09. The molecule has 4 nitrogen and oxygen atoms in total. The summed E-state index contributed by atoms with van der Waals surface area (Å²) in [6.07, 6.45) is 7.22. The van der Waals surface area contributed by atoms with Crippen LogP contribution in [-0.2, 0) is 4.74 Å². The highest BCUT2D eigenvalue weighted by Gasteiger charge is 2.12. The smallest absolute Gasteiger partial charge is 0.348 e. The molecule has 0 radical (unpaired) electrons. The molecule has 0 fully saturated rings. The van der Waals surface area contributed by atoms with Crippen LogP contribution in [0, 0.1) is 0 Å². The molecule has 0 atom stereocenters. The summed E-state index contributed by atoms with van der Waals surface area (Å²) in [6, 6.07) is 1.44. The number of hydrogen-bond acceptors (Lipinski definition) is 4. The lowest BCUT2D eigenvalue weighted by Gasteiger charge is -1.97. The van der Waals surface area contributed by atoms with E-state index in [4.69, 9.17) is 10.5 Å². The van der Waals surface area contributed by atoms with Crippen LogP contribution in [0.1, 0.15) is 27.0 Å². The second-order valence-electron chi connectivity index (χ2n) is 3.12. The van der Waals surface area contributed by atoms with Crippen molar-refractivity contribution in [3.63, 3.8) is 0 Å². The SMILES string of the molecule is CC=CC=CCOC(=O)c1cc(C(N)=O)cs1. The van der Waals surface area contributed by atoms with Crippen molar-refractivity contribution < 1.29 is 14.3 Å². The number of rotatable bonds is 5. The maximum atomic E-state index is 11.5. The van der Waals surface area contributed by atoms with E-state index in [1.807, 2.05) is 19.1 Å². The predicted octanol–water partition coefficient (Wildman–Crippen LogP) is 2.14. The third kappa shape index (κ3) is 4.24. The van der Waals surface area contributed by atoms with Gasteiger partial charge in [-0.3, -0.25) is 4.79 Å². The van der Waals surface area contributed by atoms with Crippen LogP contribution in [0.5, 0.6) is 0 Å². The van der Waals surface area contributed by atoms with E-state index in [-0.39, 0.29) is 6.61 Å². The number of thiophene rings is 1. The summed E-state index contributed by atoms with van der Waals surface area (Å²) in [5, 5.41) is 1.54. The van der Waals surface area contributed by atoms with E-state index in [2.05, 4.69) is 0 Å². The number of carbonyl (C=O) groups is 2. The van der Waals surface area contributed by atoms with Crippen LogP contribution in [0.2, 0.25) is 0 Å². The van der Waals surface area contributed by atoms with Crippen LogP contribution >= 0.6 is 11.3 Å². The third-order valence-electron chi connectivity index (χ3n) is 1.84. The van der Waals surface area contributed by atoms with Crippen LogP contribution in [-0.4, -0.2) is 18.5 Å². The maximum absolute atomic E-state index is 11.5. The predicted molar refractivity (Wildman–Crippen MR) is 67.1 cm³/mol. The minimum Gasteiger partial charge on any atom is -0.457 e. The highest BCUT2D eigenvalue weighted by Crippen LogP contribution is 2.15. The highest BCUT2D eigenvalue weighted by molar-refractivity contribution is 7.12. The summed E-state index contributed by atoms with van der Waals surface area (Å²) in [4.78, 5) is 22.7. The number of ether oxygens (including phenoxy) is 1. The van der Waals surface area contributed by atoms with E-state index in [9.17, 15) is 9.59 Å². The topological polar surface area (TPSA) is 69.4 Å². The standard InChI is InChI=1S/C12H13NO3S/c1-2-3-4-5-6-16-12(15)10-7-9(8-17-10)11(13)14/h2-5,7-8H,6H2,1H3,(H2,13,14). The molecule has 0 bridgehead atoms. The molecule has 17 heavy (non-hydrogen) atoms. The molecule has 1 aromatic rings. The lowest BCUT2D eigenvalue weighted by atomic mass is 10.3. The Kier molecular flexibility index (Phi) is 5.16. The molecular formula is C12H13NO3S.